The molecule has 2 rings (SSSR count). The lowest BCUT2D eigenvalue weighted by Gasteiger charge is -2.06. The van der Waals surface area contributed by atoms with Gasteiger partial charge in [0, 0.05) is 34.1 Å². The number of hydrogen-bond donors (Lipinski definition) is 0. The first-order chi connectivity index (χ1) is 8.63. The van der Waals surface area contributed by atoms with Crippen LogP contribution in [0.5, 0.6) is 0 Å². The van der Waals surface area contributed by atoms with Gasteiger partial charge in [-0.15, -0.1) is 0 Å². The predicted octanol–water partition coefficient (Wildman–Crippen LogP) is 3.44. The summed E-state index contributed by atoms with van der Waals surface area (Å²) in [6, 6.07) is 1.80. The van der Waals surface area contributed by atoms with Crippen molar-refractivity contribution in [2.24, 2.45) is 0 Å². The third kappa shape index (κ3) is 2.70. The summed E-state index contributed by atoms with van der Waals surface area (Å²) in [5, 5.41) is 0. The quantitative estimate of drug-likeness (QED) is 0.772. The van der Waals surface area contributed by atoms with Crippen molar-refractivity contribution in [2.75, 3.05) is 0 Å². The summed E-state index contributed by atoms with van der Waals surface area (Å²) in [4.78, 5) is 20.6. The Morgan fingerprint density at radius 2 is 2.17 bits per heavy atom. The van der Waals surface area contributed by atoms with E-state index in [1.54, 1.807) is 18.5 Å². The van der Waals surface area contributed by atoms with Crippen LogP contribution in [-0.2, 0) is 6.54 Å². The molecule has 2 heterocycles. The fourth-order valence-electron chi connectivity index (χ4n) is 1.63. The number of ketones is 1. The van der Waals surface area contributed by atoms with E-state index < -0.39 is 0 Å². The predicted molar refractivity (Wildman–Crippen MR) is 75.6 cm³/mol. The average Bonchev–Trinajstić information content (AvgIpc) is 2.77. The van der Waals surface area contributed by atoms with Crippen LogP contribution in [0.1, 0.15) is 29.7 Å². The van der Waals surface area contributed by atoms with Crippen LogP contribution in [0.3, 0.4) is 0 Å². The molecule has 94 valence electrons. The molecule has 4 nitrogen and oxygen atoms in total. The number of aryl methyl sites for hydroxylation is 1. The molecule has 6 heteroatoms. The van der Waals surface area contributed by atoms with Crippen LogP contribution in [0.2, 0.25) is 0 Å². The van der Waals surface area contributed by atoms with Crippen LogP contribution in [0, 0.1) is 0 Å². The van der Waals surface area contributed by atoms with E-state index in [1.165, 1.54) is 0 Å². The van der Waals surface area contributed by atoms with Crippen molar-refractivity contribution in [3.63, 3.8) is 0 Å². The zero-order valence-corrected chi connectivity index (χ0v) is 12.9. The first kappa shape index (κ1) is 13.4. The number of rotatable bonds is 4. The standard InChI is InChI=1S/C12H11Br2N3O/c1-2-4-17-5-3-15-12(17)11(18)10-9(14)6-8(13)7-16-10/h3,5-7H,2,4H2,1H3. The van der Waals surface area contributed by atoms with E-state index in [-0.39, 0.29) is 5.78 Å². The van der Waals surface area contributed by atoms with Gasteiger partial charge in [-0.3, -0.25) is 9.78 Å². The molecule has 0 unspecified atom stereocenters. The summed E-state index contributed by atoms with van der Waals surface area (Å²) in [6.07, 6.45) is 6.00. The number of carbonyl (C=O) groups is 1. The zero-order chi connectivity index (χ0) is 13.1. The average molecular weight is 373 g/mol. The third-order valence-electron chi connectivity index (χ3n) is 2.41. The zero-order valence-electron chi connectivity index (χ0n) is 9.73. The number of nitrogens with zero attached hydrogens (tertiary/aromatic N) is 3. The van der Waals surface area contributed by atoms with Crippen LogP contribution < -0.4 is 0 Å². The molecular weight excluding hydrogens is 362 g/mol. The fourth-order valence-corrected chi connectivity index (χ4v) is 2.79. The fraction of sp³-hybridized carbons (Fsp3) is 0.250. The molecule has 0 N–H and O–H groups in total. The van der Waals surface area contributed by atoms with Crippen LogP contribution in [-0.4, -0.2) is 20.3 Å². The van der Waals surface area contributed by atoms with Crippen LogP contribution in [0.15, 0.2) is 33.6 Å². The number of pyridine rings is 1. The molecule has 0 radical (unpaired) electrons. The minimum Gasteiger partial charge on any atom is -0.328 e. The first-order valence-electron chi connectivity index (χ1n) is 5.50. The minimum atomic E-state index is -0.173. The Kier molecular flexibility index (Phi) is 4.29. The lowest BCUT2D eigenvalue weighted by atomic mass is 10.2. The maximum atomic E-state index is 12.3. The second-order valence-electron chi connectivity index (χ2n) is 3.76. The van der Waals surface area contributed by atoms with Gasteiger partial charge in [0.2, 0.25) is 5.78 Å². The van der Waals surface area contributed by atoms with Gasteiger partial charge in [-0.2, -0.15) is 0 Å². The van der Waals surface area contributed by atoms with Crippen molar-refractivity contribution >= 4 is 37.6 Å². The van der Waals surface area contributed by atoms with Gasteiger partial charge in [0.05, 0.1) is 0 Å². The van der Waals surface area contributed by atoms with Crippen molar-refractivity contribution in [3.05, 3.63) is 45.1 Å². The number of hydrogen-bond acceptors (Lipinski definition) is 3. The van der Waals surface area contributed by atoms with Crippen molar-refractivity contribution in [2.45, 2.75) is 19.9 Å². The van der Waals surface area contributed by atoms with Crippen molar-refractivity contribution in [1.82, 2.24) is 14.5 Å². The molecule has 0 aliphatic heterocycles. The van der Waals surface area contributed by atoms with E-state index in [0.29, 0.717) is 16.0 Å². The first-order valence-corrected chi connectivity index (χ1v) is 7.09. The molecule has 0 saturated heterocycles. The van der Waals surface area contributed by atoms with Crippen molar-refractivity contribution in [1.29, 1.82) is 0 Å². The molecule has 2 aromatic rings. The summed E-state index contributed by atoms with van der Waals surface area (Å²) in [6.45, 7) is 2.83. The largest absolute Gasteiger partial charge is 0.328 e. The van der Waals surface area contributed by atoms with Crippen LogP contribution in [0.4, 0.5) is 0 Å². The smallest absolute Gasteiger partial charge is 0.247 e. The number of aromatic nitrogens is 3. The van der Waals surface area contributed by atoms with E-state index in [1.807, 2.05) is 10.8 Å². The molecule has 0 aliphatic carbocycles. The van der Waals surface area contributed by atoms with E-state index in [9.17, 15) is 4.79 Å². The maximum absolute atomic E-state index is 12.3. The van der Waals surface area contributed by atoms with Gasteiger partial charge in [0.25, 0.3) is 0 Å². The molecule has 0 bridgehead atoms. The van der Waals surface area contributed by atoms with E-state index >= 15 is 0 Å². The highest BCUT2D eigenvalue weighted by Gasteiger charge is 2.19. The minimum absolute atomic E-state index is 0.173. The Morgan fingerprint density at radius 3 is 2.83 bits per heavy atom. The Morgan fingerprint density at radius 1 is 1.39 bits per heavy atom. The Balaban J connectivity index is 2.38. The number of carbonyl (C=O) groups excluding carboxylic acids is 1. The molecule has 0 amide bonds. The van der Waals surface area contributed by atoms with Gasteiger partial charge in [0.1, 0.15) is 5.69 Å². The summed E-state index contributed by atoms with van der Waals surface area (Å²) >= 11 is 6.66. The monoisotopic (exact) mass is 371 g/mol. The van der Waals surface area contributed by atoms with Crippen molar-refractivity contribution < 1.29 is 4.79 Å². The molecule has 0 aromatic carbocycles. The van der Waals surface area contributed by atoms with Gasteiger partial charge >= 0.3 is 0 Å². The van der Waals surface area contributed by atoms with Crippen molar-refractivity contribution in [3.8, 4) is 0 Å². The molecule has 0 fully saturated rings. The van der Waals surface area contributed by atoms with Crippen LogP contribution >= 0.6 is 31.9 Å². The highest BCUT2D eigenvalue weighted by atomic mass is 79.9. The van der Waals surface area contributed by atoms with Gasteiger partial charge in [-0.1, -0.05) is 6.92 Å². The molecule has 0 spiro atoms. The highest BCUT2D eigenvalue weighted by molar-refractivity contribution is 9.11. The van der Waals surface area contributed by atoms with Gasteiger partial charge in [-0.05, 0) is 44.3 Å². The molecule has 2 aromatic heterocycles. The summed E-state index contributed by atoms with van der Waals surface area (Å²) in [7, 11) is 0. The van der Waals surface area contributed by atoms with Gasteiger partial charge in [-0.25, -0.2) is 4.98 Å². The van der Waals surface area contributed by atoms with E-state index in [0.717, 1.165) is 17.4 Å². The van der Waals surface area contributed by atoms with Gasteiger partial charge < -0.3 is 4.57 Å². The molecule has 0 atom stereocenters. The molecule has 0 aliphatic rings. The molecular formula is C12H11Br2N3O. The molecule has 18 heavy (non-hydrogen) atoms. The summed E-state index contributed by atoms with van der Waals surface area (Å²) in [5.41, 5.74) is 0.377. The number of imidazole rings is 1. The topological polar surface area (TPSA) is 47.8 Å². The summed E-state index contributed by atoms with van der Waals surface area (Å²) in [5.74, 6) is 0.250. The highest BCUT2D eigenvalue weighted by Crippen LogP contribution is 2.21. The summed E-state index contributed by atoms with van der Waals surface area (Å²) < 4.78 is 3.33. The van der Waals surface area contributed by atoms with E-state index in [4.69, 9.17) is 0 Å². The van der Waals surface area contributed by atoms with Crippen LogP contribution in [0.25, 0.3) is 0 Å². The Labute approximate surface area is 122 Å². The number of halogens is 2. The maximum Gasteiger partial charge on any atom is 0.247 e. The van der Waals surface area contributed by atoms with Gasteiger partial charge in [0.15, 0.2) is 5.82 Å². The SMILES string of the molecule is CCCn1ccnc1C(=O)c1ncc(Br)cc1Br. The van der Waals surface area contributed by atoms with E-state index in [2.05, 4.69) is 48.8 Å². The Bertz CT molecular complexity index is 580. The lowest BCUT2D eigenvalue weighted by molar-refractivity contribution is 0.102. The molecule has 0 saturated carbocycles. The lowest BCUT2D eigenvalue weighted by Crippen LogP contribution is -2.13. The second-order valence-corrected chi connectivity index (χ2v) is 5.53. The second kappa shape index (κ2) is 5.75. The third-order valence-corrected chi connectivity index (χ3v) is 3.44. The Hall–Kier alpha value is -1.01. The normalized spacial score (nSPS) is 10.6.